The van der Waals surface area contributed by atoms with Gasteiger partial charge in [0.05, 0.1) is 0 Å². The monoisotopic (exact) mass is 259 g/mol. The molecule has 19 heavy (non-hydrogen) atoms. The topological polar surface area (TPSA) is 67.1 Å². The van der Waals surface area contributed by atoms with Crippen LogP contribution in [0.4, 0.5) is 5.69 Å². The van der Waals surface area contributed by atoms with Crippen LogP contribution in [0.15, 0.2) is 18.2 Å². The molecule has 4 heteroatoms. The Morgan fingerprint density at radius 1 is 1.37 bits per heavy atom. The molecular formula is C15H21N3O. The van der Waals surface area contributed by atoms with Crippen molar-refractivity contribution >= 4 is 11.6 Å². The molecule has 2 aliphatic rings. The van der Waals surface area contributed by atoms with Crippen molar-refractivity contribution in [1.82, 2.24) is 5.32 Å². The van der Waals surface area contributed by atoms with Crippen LogP contribution in [0.3, 0.4) is 0 Å². The van der Waals surface area contributed by atoms with Gasteiger partial charge in [-0.05, 0) is 55.5 Å². The molecule has 2 unspecified atom stereocenters. The van der Waals surface area contributed by atoms with E-state index in [0.717, 1.165) is 31.6 Å². The molecule has 4 N–H and O–H groups in total. The molecule has 2 heterocycles. The Morgan fingerprint density at radius 3 is 3.05 bits per heavy atom. The van der Waals surface area contributed by atoms with Gasteiger partial charge in [-0.25, -0.2) is 0 Å². The predicted molar refractivity (Wildman–Crippen MR) is 75.9 cm³/mol. The summed E-state index contributed by atoms with van der Waals surface area (Å²) in [5.41, 5.74) is 9.69. The van der Waals surface area contributed by atoms with Gasteiger partial charge < -0.3 is 16.4 Å². The largest absolute Gasteiger partial charge is 0.326 e. The standard InChI is InChI=1S/C15H21N3O/c16-13(7-10-5-6-17-9-10)11-1-3-14-12(8-11)2-4-15(19)18-14/h1,3,8,10,13,17H,2,4-7,9,16H2,(H,18,19). The highest BCUT2D eigenvalue weighted by Gasteiger charge is 2.20. The number of fused-ring (bicyclic) bond motifs is 1. The van der Waals surface area contributed by atoms with Crippen LogP contribution < -0.4 is 16.4 Å². The average Bonchev–Trinajstić information content (AvgIpc) is 2.91. The third kappa shape index (κ3) is 2.80. The summed E-state index contributed by atoms with van der Waals surface area (Å²) in [6.07, 6.45) is 3.68. The molecule has 1 aromatic rings. The highest BCUT2D eigenvalue weighted by molar-refractivity contribution is 5.93. The first-order valence-corrected chi connectivity index (χ1v) is 7.11. The van der Waals surface area contributed by atoms with E-state index in [9.17, 15) is 4.79 Å². The molecule has 1 saturated heterocycles. The highest BCUT2D eigenvalue weighted by atomic mass is 16.1. The molecule has 3 rings (SSSR count). The summed E-state index contributed by atoms with van der Waals surface area (Å²) in [6.45, 7) is 2.21. The van der Waals surface area contributed by atoms with E-state index in [-0.39, 0.29) is 11.9 Å². The van der Waals surface area contributed by atoms with Gasteiger partial charge in [-0.1, -0.05) is 12.1 Å². The minimum absolute atomic E-state index is 0.104. The predicted octanol–water partition coefficient (Wildman–Crippen LogP) is 1.57. The third-order valence-corrected chi connectivity index (χ3v) is 4.20. The van der Waals surface area contributed by atoms with E-state index in [1.807, 2.05) is 6.07 Å². The molecule has 4 nitrogen and oxygen atoms in total. The fourth-order valence-electron chi connectivity index (χ4n) is 3.04. The van der Waals surface area contributed by atoms with E-state index in [1.165, 1.54) is 17.5 Å². The summed E-state index contributed by atoms with van der Waals surface area (Å²) in [5.74, 6) is 0.812. The van der Waals surface area contributed by atoms with Crippen molar-refractivity contribution in [2.75, 3.05) is 18.4 Å². The smallest absolute Gasteiger partial charge is 0.224 e. The molecule has 0 spiro atoms. The number of anilines is 1. The van der Waals surface area contributed by atoms with Crippen molar-refractivity contribution in [1.29, 1.82) is 0 Å². The molecule has 2 atom stereocenters. The van der Waals surface area contributed by atoms with Crippen molar-refractivity contribution in [2.24, 2.45) is 11.7 Å². The maximum atomic E-state index is 11.3. The average molecular weight is 259 g/mol. The molecule has 102 valence electrons. The lowest BCUT2D eigenvalue weighted by Crippen LogP contribution is -2.21. The van der Waals surface area contributed by atoms with E-state index < -0.39 is 0 Å². The van der Waals surface area contributed by atoms with Gasteiger partial charge in [0.25, 0.3) is 0 Å². The Bertz CT molecular complexity index is 480. The second-order valence-electron chi connectivity index (χ2n) is 5.67. The van der Waals surface area contributed by atoms with Gasteiger partial charge in [-0.15, -0.1) is 0 Å². The second kappa shape index (κ2) is 5.31. The Kier molecular flexibility index (Phi) is 3.53. The molecule has 1 fully saturated rings. The third-order valence-electron chi connectivity index (χ3n) is 4.20. The van der Waals surface area contributed by atoms with E-state index in [4.69, 9.17) is 5.73 Å². The molecule has 0 aromatic heterocycles. The van der Waals surface area contributed by atoms with Crippen LogP contribution >= 0.6 is 0 Å². The van der Waals surface area contributed by atoms with Crippen LogP contribution in [-0.4, -0.2) is 19.0 Å². The van der Waals surface area contributed by atoms with E-state index >= 15 is 0 Å². The lowest BCUT2D eigenvalue weighted by atomic mass is 9.92. The Labute approximate surface area is 113 Å². The van der Waals surface area contributed by atoms with Crippen LogP contribution in [0.2, 0.25) is 0 Å². The van der Waals surface area contributed by atoms with Crippen molar-refractivity contribution in [3.8, 4) is 0 Å². The highest BCUT2D eigenvalue weighted by Crippen LogP contribution is 2.28. The molecular weight excluding hydrogens is 238 g/mol. The summed E-state index contributed by atoms with van der Waals surface area (Å²) < 4.78 is 0. The number of carbonyl (C=O) groups is 1. The zero-order chi connectivity index (χ0) is 13.2. The summed E-state index contributed by atoms with van der Waals surface area (Å²) in [7, 11) is 0. The van der Waals surface area contributed by atoms with E-state index in [0.29, 0.717) is 12.3 Å². The van der Waals surface area contributed by atoms with Gasteiger partial charge in [-0.2, -0.15) is 0 Å². The summed E-state index contributed by atoms with van der Waals surface area (Å²) in [4.78, 5) is 11.3. The Morgan fingerprint density at radius 2 is 2.26 bits per heavy atom. The molecule has 1 amide bonds. The summed E-state index contributed by atoms with van der Waals surface area (Å²) in [6, 6.07) is 6.32. The Hall–Kier alpha value is -1.39. The van der Waals surface area contributed by atoms with Gasteiger partial charge >= 0.3 is 0 Å². The minimum Gasteiger partial charge on any atom is -0.326 e. The number of benzene rings is 1. The first kappa shape index (κ1) is 12.6. The van der Waals surface area contributed by atoms with Crippen LogP contribution in [0.25, 0.3) is 0 Å². The lowest BCUT2D eigenvalue weighted by molar-refractivity contribution is -0.116. The van der Waals surface area contributed by atoms with Crippen LogP contribution in [0.5, 0.6) is 0 Å². The van der Waals surface area contributed by atoms with E-state index in [1.54, 1.807) is 0 Å². The fourth-order valence-corrected chi connectivity index (χ4v) is 3.04. The Balaban J connectivity index is 1.72. The lowest BCUT2D eigenvalue weighted by Gasteiger charge is -2.21. The molecule has 0 bridgehead atoms. The first-order chi connectivity index (χ1) is 9.22. The maximum Gasteiger partial charge on any atom is 0.224 e. The zero-order valence-corrected chi connectivity index (χ0v) is 11.1. The van der Waals surface area contributed by atoms with Crippen molar-refractivity contribution in [2.45, 2.75) is 31.7 Å². The second-order valence-corrected chi connectivity index (χ2v) is 5.67. The van der Waals surface area contributed by atoms with Crippen molar-refractivity contribution in [3.05, 3.63) is 29.3 Å². The van der Waals surface area contributed by atoms with E-state index in [2.05, 4.69) is 22.8 Å². The first-order valence-electron chi connectivity index (χ1n) is 7.11. The summed E-state index contributed by atoms with van der Waals surface area (Å²) >= 11 is 0. The van der Waals surface area contributed by atoms with Gasteiger partial charge in [-0.3, -0.25) is 4.79 Å². The molecule has 2 aliphatic heterocycles. The number of hydrogen-bond donors (Lipinski definition) is 3. The fraction of sp³-hybridized carbons (Fsp3) is 0.533. The maximum absolute atomic E-state index is 11.3. The van der Waals surface area contributed by atoms with Gasteiger partial charge in [0.15, 0.2) is 0 Å². The minimum atomic E-state index is 0.104. The van der Waals surface area contributed by atoms with Crippen LogP contribution in [0, 0.1) is 5.92 Å². The van der Waals surface area contributed by atoms with Crippen molar-refractivity contribution in [3.63, 3.8) is 0 Å². The quantitative estimate of drug-likeness (QED) is 0.772. The number of hydrogen-bond acceptors (Lipinski definition) is 3. The van der Waals surface area contributed by atoms with Crippen LogP contribution in [0.1, 0.15) is 36.4 Å². The number of amides is 1. The van der Waals surface area contributed by atoms with Gasteiger partial charge in [0, 0.05) is 18.2 Å². The number of aryl methyl sites for hydroxylation is 1. The number of nitrogens with one attached hydrogen (secondary N) is 2. The molecule has 0 radical (unpaired) electrons. The normalized spacial score (nSPS) is 23.8. The van der Waals surface area contributed by atoms with Gasteiger partial charge in [0.1, 0.15) is 0 Å². The van der Waals surface area contributed by atoms with Crippen molar-refractivity contribution < 1.29 is 4.79 Å². The number of carbonyl (C=O) groups excluding carboxylic acids is 1. The van der Waals surface area contributed by atoms with Crippen LogP contribution in [-0.2, 0) is 11.2 Å². The molecule has 0 aliphatic carbocycles. The zero-order valence-electron chi connectivity index (χ0n) is 11.1. The molecule has 0 saturated carbocycles. The molecule has 1 aromatic carbocycles. The number of nitrogens with two attached hydrogens (primary N) is 1. The van der Waals surface area contributed by atoms with Gasteiger partial charge in [0.2, 0.25) is 5.91 Å². The summed E-state index contributed by atoms with van der Waals surface area (Å²) in [5, 5.41) is 6.29. The number of rotatable bonds is 3. The SMILES string of the molecule is NC(CC1CCNC1)c1ccc2c(c1)CCC(=O)N2.